The Morgan fingerprint density at radius 3 is 2.64 bits per heavy atom. The fraction of sp³-hybridized carbons (Fsp3) is 0.444. The number of aromatic nitrogens is 1. The number of nitrogens with zero attached hydrogens (tertiary/aromatic N) is 3. The number of primary amides is 1. The number of piperidine rings is 1. The fourth-order valence-corrected chi connectivity index (χ4v) is 4.41. The lowest BCUT2D eigenvalue weighted by Crippen LogP contribution is -2.41. The second-order valence-electron chi connectivity index (χ2n) is 6.74. The molecule has 6 nitrogen and oxygen atoms in total. The second kappa shape index (κ2) is 8.59. The third-order valence-electron chi connectivity index (χ3n) is 4.72. The minimum atomic E-state index is -3.01. The number of hydrogen-bond acceptors (Lipinski definition) is 6. The van der Waals surface area contributed by atoms with E-state index in [1.807, 2.05) is 0 Å². The zero-order valence-corrected chi connectivity index (χ0v) is 17.1. The van der Waals surface area contributed by atoms with E-state index in [-0.39, 0.29) is 21.9 Å². The monoisotopic (exact) mass is 430 g/mol. The number of anilines is 1. The lowest BCUT2D eigenvalue weighted by molar-refractivity contribution is -0.0494. The van der Waals surface area contributed by atoms with Crippen molar-refractivity contribution in [3.05, 3.63) is 28.1 Å². The Hall–Kier alpha value is -1.97. The van der Waals surface area contributed by atoms with E-state index in [0.717, 1.165) is 37.3 Å². The van der Waals surface area contributed by atoms with Crippen LogP contribution in [0.3, 0.4) is 0 Å². The highest BCUT2D eigenvalue weighted by Crippen LogP contribution is 2.40. The van der Waals surface area contributed by atoms with Crippen molar-refractivity contribution in [1.82, 2.24) is 9.88 Å². The van der Waals surface area contributed by atoms with Crippen LogP contribution >= 0.6 is 22.9 Å². The largest absolute Gasteiger partial charge is 0.434 e. The molecule has 0 atom stereocenters. The van der Waals surface area contributed by atoms with E-state index in [1.54, 1.807) is 0 Å². The van der Waals surface area contributed by atoms with E-state index in [4.69, 9.17) is 17.3 Å². The molecule has 1 aliphatic rings. The van der Waals surface area contributed by atoms with Crippen molar-refractivity contribution in [3.8, 4) is 17.0 Å². The van der Waals surface area contributed by atoms with Crippen LogP contribution in [0.15, 0.2) is 18.2 Å². The molecule has 10 heteroatoms. The first-order valence-corrected chi connectivity index (χ1v) is 9.92. The molecule has 0 bridgehead atoms. The Kier molecular flexibility index (Phi) is 6.36. The van der Waals surface area contributed by atoms with Crippen LogP contribution in [0.25, 0.3) is 11.3 Å². The van der Waals surface area contributed by atoms with Crippen molar-refractivity contribution < 1.29 is 18.3 Å². The van der Waals surface area contributed by atoms with Crippen molar-refractivity contribution in [1.29, 1.82) is 0 Å². The molecular weight excluding hydrogens is 410 g/mol. The number of alkyl halides is 2. The number of amides is 1. The third kappa shape index (κ3) is 4.53. The van der Waals surface area contributed by atoms with E-state index >= 15 is 0 Å². The van der Waals surface area contributed by atoms with Crippen molar-refractivity contribution in [2.75, 3.05) is 32.1 Å². The predicted molar refractivity (Wildman–Crippen MR) is 107 cm³/mol. The van der Waals surface area contributed by atoms with E-state index in [1.165, 1.54) is 18.2 Å². The van der Waals surface area contributed by atoms with Crippen LogP contribution < -0.4 is 15.4 Å². The van der Waals surface area contributed by atoms with Crippen molar-refractivity contribution in [2.24, 2.45) is 5.73 Å². The maximum Gasteiger partial charge on any atom is 0.387 e. The zero-order valence-electron chi connectivity index (χ0n) is 15.5. The summed E-state index contributed by atoms with van der Waals surface area (Å²) in [5.74, 6) is -0.782. The fourth-order valence-electron chi connectivity index (χ4n) is 3.25. The van der Waals surface area contributed by atoms with Crippen LogP contribution in [0.4, 0.5) is 13.9 Å². The molecule has 2 aromatic rings. The summed E-state index contributed by atoms with van der Waals surface area (Å²) >= 11 is 7.19. The topological polar surface area (TPSA) is 71.7 Å². The van der Waals surface area contributed by atoms with Gasteiger partial charge in [-0.05, 0) is 45.1 Å². The molecule has 1 amide bonds. The summed E-state index contributed by atoms with van der Waals surface area (Å²) < 4.78 is 30.2. The number of halogens is 3. The summed E-state index contributed by atoms with van der Waals surface area (Å²) in [5, 5.41) is 0.942. The molecule has 2 N–H and O–H groups in total. The summed E-state index contributed by atoms with van der Waals surface area (Å²) in [6, 6.07) is 4.70. The Morgan fingerprint density at radius 2 is 2.07 bits per heavy atom. The number of ether oxygens (including phenoxy) is 1. The van der Waals surface area contributed by atoms with Gasteiger partial charge >= 0.3 is 6.61 Å². The third-order valence-corrected chi connectivity index (χ3v) is 6.08. The summed E-state index contributed by atoms with van der Waals surface area (Å²) in [5.41, 5.74) is 5.95. The van der Waals surface area contributed by atoms with Gasteiger partial charge in [0.25, 0.3) is 5.91 Å². The van der Waals surface area contributed by atoms with Crippen molar-refractivity contribution in [2.45, 2.75) is 25.5 Å². The van der Waals surface area contributed by atoms with E-state index in [9.17, 15) is 13.6 Å². The molecule has 28 heavy (non-hydrogen) atoms. The molecule has 1 aromatic heterocycles. The average molecular weight is 431 g/mol. The van der Waals surface area contributed by atoms with Crippen LogP contribution in [-0.2, 0) is 0 Å². The first-order valence-electron chi connectivity index (χ1n) is 8.73. The first kappa shape index (κ1) is 20.8. The van der Waals surface area contributed by atoms with Gasteiger partial charge in [-0.3, -0.25) is 4.79 Å². The van der Waals surface area contributed by atoms with Crippen LogP contribution in [0.2, 0.25) is 5.02 Å². The van der Waals surface area contributed by atoms with Gasteiger partial charge in [-0.1, -0.05) is 22.9 Å². The van der Waals surface area contributed by atoms with Crippen molar-refractivity contribution >= 4 is 34.0 Å². The Balaban J connectivity index is 1.97. The van der Waals surface area contributed by atoms with Gasteiger partial charge in [0.1, 0.15) is 16.3 Å². The zero-order chi connectivity index (χ0) is 20.4. The molecule has 2 heterocycles. The van der Waals surface area contributed by atoms with Gasteiger partial charge in [0, 0.05) is 29.7 Å². The minimum absolute atomic E-state index is 0.106. The van der Waals surface area contributed by atoms with E-state index < -0.39 is 12.5 Å². The molecular formula is C18H21ClF2N4O2S. The molecule has 1 aliphatic heterocycles. The van der Waals surface area contributed by atoms with Gasteiger partial charge in [0.15, 0.2) is 5.13 Å². The van der Waals surface area contributed by atoms with Gasteiger partial charge in [0.05, 0.1) is 0 Å². The highest BCUT2D eigenvalue weighted by Gasteiger charge is 2.27. The van der Waals surface area contributed by atoms with Crippen LogP contribution in [0.1, 0.15) is 22.5 Å². The predicted octanol–water partition coefficient (Wildman–Crippen LogP) is 3.69. The van der Waals surface area contributed by atoms with E-state index in [0.29, 0.717) is 16.2 Å². The molecule has 0 spiro atoms. The number of hydrogen-bond donors (Lipinski definition) is 1. The first-order chi connectivity index (χ1) is 13.3. The normalized spacial score (nSPS) is 15.5. The SMILES string of the molecule is CN(C)C1CCN(c2nc(-c3cc(Cl)ccc3OC(F)F)c(C(N)=O)s2)CC1. The molecule has 1 saturated heterocycles. The molecule has 1 fully saturated rings. The number of carbonyl (C=O) groups excluding carboxylic acids is 1. The van der Waals surface area contributed by atoms with Gasteiger partial charge < -0.3 is 20.3 Å². The summed E-state index contributed by atoms with van der Waals surface area (Å²) in [6.45, 7) is -1.45. The maximum absolute atomic E-state index is 12.8. The molecule has 0 unspecified atom stereocenters. The van der Waals surface area contributed by atoms with Crippen LogP contribution in [0.5, 0.6) is 5.75 Å². The summed E-state index contributed by atoms with van der Waals surface area (Å²) in [6.07, 6.45) is 1.93. The Bertz CT molecular complexity index is 854. The highest BCUT2D eigenvalue weighted by atomic mass is 35.5. The standard InChI is InChI=1S/C18H21ClF2N4O2S/c1-24(2)11-5-7-25(8-6-11)18-23-14(15(28-18)16(22)26)12-9-10(19)3-4-13(12)27-17(20)21/h3-4,9,11,17H,5-8H2,1-2H3,(H2,22,26). The van der Waals surface area contributed by atoms with Gasteiger partial charge in [0.2, 0.25) is 0 Å². The quantitative estimate of drug-likeness (QED) is 0.756. The van der Waals surface area contributed by atoms with Gasteiger partial charge in [-0.2, -0.15) is 8.78 Å². The van der Waals surface area contributed by atoms with Crippen LogP contribution in [-0.4, -0.2) is 55.6 Å². The minimum Gasteiger partial charge on any atom is -0.434 e. The lowest BCUT2D eigenvalue weighted by Gasteiger charge is -2.35. The highest BCUT2D eigenvalue weighted by molar-refractivity contribution is 7.18. The molecule has 0 aliphatic carbocycles. The van der Waals surface area contributed by atoms with Gasteiger partial charge in [-0.25, -0.2) is 4.98 Å². The summed E-state index contributed by atoms with van der Waals surface area (Å²) in [4.78, 5) is 21.0. The maximum atomic E-state index is 12.8. The lowest BCUT2D eigenvalue weighted by atomic mass is 10.0. The smallest absolute Gasteiger partial charge is 0.387 e. The molecule has 3 rings (SSSR count). The number of rotatable bonds is 6. The molecule has 0 saturated carbocycles. The Labute approximate surface area is 170 Å². The second-order valence-corrected chi connectivity index (χ2v) is 8.15. The van der Waals surface area contributed by atoms with E-state index in [2.05, 4.69) is 33.6 Å². The van der Waals surface area contributed by atoms with Gasteiger partial charge in [-0.15, -0.1) is 0 Å². The number of nitrogens with two attached hydrogens (primary N) is 1. The average Bonchev–Trinajstić information content (AvgIpc) is 3.08. The number of carbonyl (C=O) groups is 1. The Morgan fingerprint density at radius 1 is 1.39 bits per heavy atom. The number of thiazole rings is 1. The molecule has 152 valence electrons. The molecule has 1 aromatic carbocycles. The summed E-state index contributed by atoms with van der Waals surface area (Å²) in [7, 11) is 4.10. The number of benzene rings is 1. The van der Waals surface area contributed by atoms with Crippen LogP contribution in [0, 0.1) is 0 Å². The molecule has 0 radical (unpaired) electrons. The van der Waals surface area contributed by atoms with Crippen molar-refractivity contribution in [3.63, 3.8) is 0 Å².